The Bertz CT molecular complexity index is 778. The lowest BCUT2D eigenvalue weighted by molar-refractivity contribution is 0.0678. The Labute approximate surface area is 153 Å². The summed E-state index contributed by atoms with van der Waals surface area (Å²) in [6.45, 7) is 7.41. The summed E-state index contributed by atoms with van der Waals surface area (Å²) in [5, 5.41) is 3.43. The quantitative estimate of drug-likeness (QED) is 0.886. The zero-order valence-electron chi connectivity index (χ0n) is 15.5. The average molecular weight is 354 g/mol. The van der Waals surface area contributed by atoms with Crippen LogP contribution in [0.5, 0.6) is 0 Å². The Morgan fingerprint density at radius 2 is 2.12 bits per heavy atom. The van der Waals surface area contributed by atoms with Crippen LogP contribution in [-0.2, 0) is 13.1 Å². The van der Waals surface area contributed by atoms with E-state index >= 15 is 0 Å². The van der Waals surface area contributed by atoms with Gasteiger partial charge < -0.3 is 14.8 Å². The Kier molecular flexibility index (Phi) is 4.48. The van der Waals surface area contributed by atoms with Crippen LogP contribution in [0.4, 0.5) is 0 Å². The van der Waals surface area contributed by atoms with Crippen LogP contribution in [0.1, 0.15) is 48.2 Å². The second kappa shape index (κ2) is 6.79. The van der Waals surface area contributed by atoms with Gasteiger partial charge in [0.05, 0.1) is 18.4 Å². The van der Waals surface area contributed by atoms with Gasteiger partial charge in [0, 0.05) is 31.2 Å². The summed E-state index contributed by atoms with van der Waals surface area (Å²) in [6, 6.07) is 0.266. The van der Waals surface area contributed by atoms with Gasteiger partial charge in [-0.25, -0.2) is 9.97 Å². The fourth-order valence-electron chi connectivity index (χ4n) is 4.13. The van der Waals surface area contributed by atoms with Crippen LogP contribution in [0.3, 0.4) is 0 Å². The first-order valence-corrected chi connectivity index (χ1v) is 9.43. The maximum atomic E-state index is 13.3. The van der Waals surface area contributed by atoms with Crippen molar-refractivity contribution >= 4 is 5.91 Å². The van der Waals surface area contributed by atoms with Gasteiger partial charge >= 0.3 is 0 Å². The van der Waals surface area contributed by atoms with Crippen LogP contribution in [0.2, 0.25) is 0 Å². The van der Waals surface area contributed by atoms with Gasteiger partial charge in [0.15, 0.2) is 0 Å². The summed E-state index contributed by atoms with van der Waals surface area (Å²) >= 11 is 0. The Morgan fingerprint density at radius 3 is 2.81 bits per heavy atom. The van der Waals surface area contributed by atoms with Crippen molar-refractivity contribution < 1.29 is 4.79 Å². The fraction of sp³-hybridized carbons (Fsp3) is 0.579. The molecule has 138 valence electrons. The average Bonchev–Trinajstić information content (AvgIpc) is 3.14. The number of imidazole rings is 1. The highest BCUT2D eigenvalue weighted by Crippen LogP contribution is 2.56. The second-order valence-corrected chi connectivity index (χ2v) is 7.44. The number of piperidine rings is 1. The first-order valence-electron chi connectivity index (χ1n) is 9.43. The Morgan fingerprint density at radius 1 is 1.31 bits per heavy atom. The number of nitrogens with one attached hydrogen (secondary N) is 1. The normalized spacial score (nSPS) is 20.9. The van der Waals surface area contributed by atoms with E-state index in [4.69, 9.17) is 0 Å². The molecule has 0 radical (unpaired) electrons. The molecule has 2 fully saturated rings. The number of rotatable bonds is 5. The third kappa shape index (κ3) is 3.11. The number of aryl methyl sites for hydroxylation is 2. The molecule has 1 saturated heterocycles. The standard InChI is InChI=1S/C19H26N6O/c1-3-24-9-8-21-17(24)13-25(16-10-19(16)4-6-20-7-5-19)18(26)15-12-22-14(2)11-23-15/h8-9,11-12,16,20H,3-7,10,13H2,1-2H3. The van der Waals surface area contributed by atoms with Crippen molar-refractivity contribution in [1.82, 2.24) is 29.7 Å². The minimum atomic E-state index is -0.0384. The molecular formula is C19H26N6O. The molecule has 1 N–H and O–H groups in total. The first-order chi connectivity index (χ1) is 12.6. The zero-order valence-corrected chi connectivity index (χ0v) is 15.5. The molecule has 0 bridgehead atoms. The highest BCUT2D eigenvalue weighted by molar-refractivity contribution is 5.92. The lowest BCUT2D eigenvalue weighted by atomic mass is 9.93. The molecule has 26 heavy (non-hydrogen) atoms. The molecule has 1 unspecified atom stereocenters. The van der Waals surface area contributed by atoms with Gasteiger partial charge in [-0.2, -0.15) is 0 Å². The number of hydrogen-bond donors (Lipinski definition) is 1. The van der Waals surface area contributed by atoms with Crippen molar-refractivity contribution in [2.45, 2.75) is 52.2 Å². The largest absolute Gasteiger partial charge is 0.334 e. The third-order valence-electron chi connectivity index (χ3n) is 5.84. The summed E-state index contributed by atoms with van der Waals surface area (Å²) in [6.07, 6.45) is 10.4. The van der Waals surface area contributed by atoms with E-state index in [1.807, 2.05) is 18.0 Å². The number of aromatic nitrogens is 4. The summed E-state index contributed by atoms with van der Waals surface area (Å²) in [5.74, 6) is 0.889. The maximum Gasteiger partial charge on any atom is 0.274 e. The molecule has 1 spiro atoms. The molecule has 4 rings (SSSR count). The van der Waals surface area contributed by atoms with E-state index < -0.39 is 0 Å². The number of amides is 1. The minimum Gasteiger partial charge on any atom is -0.334 e. The van der Waals surface area contributed by atoms with Gasteiger partial charge in [-0.3, -0.25) is 9.78 Å². The molecule has 1 aliphatic heterocycles. The molecule has 7 nitrogen and oxygen atoms in total. The molecule has 3 heterocycles. The summed E-state index contributed by atoms with van der Waals surface area (Å²) in [7, 11) is 0. The van der Waals surface area contributed by atoms with E-state index in [2.05, 4.69) is 31.8 Å². The molecular weight excluding hydrogens is 328 g/mol. The van der Waals surface area contributed by atoms with Crippen LogP contribution in [0.25, 0.3) is 0 Å². The lowest BCUT2D eigenvalue weighted by Gasteiger charge is -2.29. The van der Waals surface area contributed by atoms with Crippen LogP contribution < -0.4 is 5.32 Å². The summed E-state index contributed by atoms with van der Waals surface area (Å²) in [5.41, 5.74) is 1.50. The molecule has 1 aliphatic carbocycles. The Balaban J connectivity index is 1.61. The minimum absolute atomic E-state index is 0.0384. The van der Waals surface area contributed by atoms with Crippen LogP contribution in [0.15, 0.2) is 24.8 Å². The summed E-state index contributed by atoms with van der Waals surface area (Å²) in [4.78, 5) is 28.3. The number of carbonyl (C=O) groups excluding carboxylic acids is 1. The predicted molar refractivity (Wildman–Crippen MR) is 97.5 cm³/mol. The first kappa shape index (κ1) is 17.1. The molecule has 7 heteroatoms. The molecule has 2 aromatic heterocycles. The van der Waals surface area contributed by atoms with E-state index in [-0.39, 0.29) is 17.4 Å². The number of hydrogen-bond acceptors (Lipinski definition) is 5. The molecule has 1 atom stereocenters. The van der Waals surface area contributed by atoms with Gasteiger partial charge in [0.25, 0.3) is 5.91 Å². The van der Waals surface area contributed by atoms with Crippen LogP contribution in [-0.4, -0.2) is 49.5 Å². The highest BCUT2D eigenvalue weighted by Gasteiger charge is 2.58. The molecule has 0 aromatic carbocycles. The van der Waals surface area contributed by atoms with Crippen LogP contribution >= 0.6 is 0 Å². The van der Waals surface area contributed by atoms with Gasteiger partial charge in [0.2, 0.25) is 0 Å². The monoisotopic (exact) mass is 354 g/mol. The van der Waals surface area contributed by atoms with Crippen molar-refractivity contribution in [1.29, 1.82) is 0 Å². The van der Waals surface area contributed by atoms with Gasteiger partial charge in [-0.1, -0.05) is 0 Å². The zero-order chi connectivity index (χ0) is 18.1. The van der Waals surface area contributed by atoms with Crippen LogP contribution in [0, 0.1) is 12.3 Å². The fourth-order valence-corrected chi connectivity index (χ4v) is 4.13. The molecule has 2 aromatic rings. The van der Waals surface area contributed by atoms with Crippen molar-refractivity contribution in [3.05, 3.63) is 42.0 Å². The van der Waals surface area contributed by atoms with E-state index in [1.54, 1.807) is 18.6 Å². The summed E-state index contributed by atoms with van der Waals surface area (Å²) < 4.78 is 2.10. The highest BCUT2D eigenvalue weighted by atomic mass is 16.2. The SMILES string of the molecule is CCn1ccnc1CN(C(=O)c1cnc(C)cn1)C1CC12CCNCC2. The maximum absolute atomic E-state index is 13.3. The van der Waals surface area contributed by atoms with Crippen molar-refractivity contribution in [3.8, 4) is 0 Å². The topological polar surface area (TPSA) is 75.9 Å². The molecule has 1 saturated carbocycles. The number of carbonyl (C=O) groups is 1. The van der Waals surface area contributed by atoms with Gasteiger partial charge in [0.1, 0.15) is 11.5 Å². The second-order valence-electron chi connectivity index (χ2n) is 7.44. The Hall–Kier alpha value is -2.28. The smallest absolute Gasteiger partial charge is 0.274 e. The van der Waals surface area contributed by atoms with Crippen molar-refractivity contribution in [2.24, 2.45) is 5.41 Å². The van der Waals surface area contributed by atoms with E-state index in [0.717, 1.165) is 50.4 Å². The molecule has 2 aliphatic rings. The van der Waals surface area contributed by atoms with E-state index in [1.165, 1.54) is 0 Å². The lowest BCUT2D eigenvalue weighted by Crippen LogP contribution is -2.40. The van der Waals surface area contributed by atoms with Gasteiger partial charge in [-0.15, -0.1) is 0 Å². The van der Waals surface area contributed by atoms with E-state index in [9.17, 15) is 4.79 Å². The predicted octanol–water partition coefficient (Wildman–Crippen LogP) is 1.79. The van der Waals surface area contributed by atoms with Gasteiger partial charge in [-0.05, 0) is 51.6 Å². The third-order valence-corrected chi connectivity index (χ3v) is 5.84. The van der Waals surface area contributed by atoms with Crippen molar-refractivity contribution in [3.63, 3.8) is 0 Å². The number of nitrogens with zero attached hydrogens (tertiary/aromatic N) is 5. The van der Waals surface area contributed by atoms with E-state index in [0.29, 0.717) is 12.2 Å². The van der Waals surface area contributed by atoms with Crippen molar-refractivity contribution in [2.75, 3.05) is 13.1 Å². The molecule has 1 amide bonds.